The SMILES string of the molecule is C[C@@H]1C[C@@H](N2CCC[C@@H](Cn3cncn3)C2)C(=O)O1. The number of likely N-dealkylation sites (tertiary alicyclic amines) is 1. The third-order valence-corrected chi connectivity index (χ3v) is 4.05. The van der Waals surface area contributed by atoms with E-state index >= 15 is 0 Å². The van der Waals surface area contributed by atoms with Gasteiger partial charge in [-0.05, 0) is 32.2 Å². The maximum Gasteiger partial charge on any atom is 0.323 e. The van der Waals surface area contributed by atoms with E-state index in [1.165, 1.54) is 6.42 Å². The van der Waals surface area contributed by atoms with Crippen molar-refractivity contribution in [1.82, 2.24) is 19.7 Å². The standard InChI is InChI=1S/C13H20N4O2/c1-10-5-12(13(18)19-10)16-4-2-3-11(6-16)7-17-9-14-8-15-17/h8-12H,2-7H2,1H3/t10-,11-,12-/m1/s1. The van der Waals surface area contributed by atoms with Gasteiger partial charge >= 0.3 is 5.97 Å². The Hall–Kier alpha value is -1.43. The topological polar surface area (TPSA) is 60.2 Å². The predicted molar refractivity (Wildman–Crippen MR) is 68.3 cm³/mol. The molecule has 0 radical (unpaired) electrons. The number of carbonyl (C=O) groups is 1. The van der Waals surface area contributed by atoms with E-state index in [-0.39, 0.29) is 18.1 Å². The molecule has 2 aliphatic heterocycles. The quantitative estimate of drug-likeness (QED) is 0.752. The first kappa shape index (κ1) is 12.6. The van der Waals surface area contributed by atoms with Crippen LogP contribution in [0.1, 0.15) is 26.2 Å². The summed E-state index contributed by atoms with van der Waals surface area (Å²) >= 11 is 0. The number of piperidine rings is 1. The number of hydrogen-bond donors (Lipinski definition) is 0. The van der Waals surface area contributed by atoms with Gasteiger partial charge in [-0.1, -0.05) is 0 Å². The highest BCUT2D eigenvalue weighted by molar-refractivity contribution is 5.78. The molecule has 3 heterocycles. The molecule has 0 aromatic carbocycles. The van der Waals surface area contributed by atoms with Gasteiger partial charge in [0.1, 0.15) is 24.8 Å². The van der Waals surface area contributed by atoms with Crippen LogP contribution < -0.4 is 0 Å². The summed E-state index contributed by atoms with van der Waals surface area (Å²) in [6, 6.07) is -0.0338. The third kappa shape index (κ3) is 2.78. The van der Waals surface area contributed by atoms with Crippen molar-refractivity contribution < 1.29 is 9.53 Å². The molecule has 104 valence electrons. The summed E-state index contributed by atoms with van der Waals surface area (Å²) in [6.45, 7) is 4.80. The summed E-state index contributed by atoms with van der Waals surface area (Å²) in [5.41, 5.74) is 0. The van der Waals surface area contributed by atoms with Gasteiger partial charge < -0.3 is 4.74 Å². The molecule has 0 saturated carbocycles. The average molecular weight is 264 g/mol. The van der Waals surface area contributed by atoms with Crippen molar-refractivity contribution in [2.24, 2.45) is 5.92 Å². The molecule has 0 N–H and O–H groups in total. The number of nitrogens with zero attached hydrogens (tertiary/aromatic N) is 4. The maximum atomic E-state index is 11.8. The molecular weight excluding hydrogens is 244 g/mol. The van der Waals surface area contributed by atoms with Gasteiger partial charge in [0.25, 0.3) is 0 Å². The van der Waals surface area contributed by atoms with Crippen molar-refractivity contribution in [2.75, 3.05) is 13.1 Å². The molecule has 3 rings (SSSR count). The van der Waals surface area contributed by atoms with Gasteiger partial charge in [0.15, 0.2) is 0 Å². The molecule has 19 heavy (non-hydrogen) atoms. The Morgan fingerprint density at radius 2 is 2.42 bits per heavy atom. The van der Waals surface area contributed by atoms with E-state index in [1.807, 2.05) is 11.6 Å². The van der Waals surface area contributed by atoms with Crippen LogP contribution in [0.15, 0.2) is 12.7 Å². The molecule has 3 atom stereocenters. The van der Waals surface area contributed by atoms with E-state index in [1.54, 1.807) is 12.7 Å². The van der Waals surface area contributed by atoms with E-state index < -0.39 is 0 Å². The summed E-state index contributed by atoms with van der Waals surface area (Å²) in [6.07, 6.45) is 6.54. The highest BCUT2D eigenvalue weighted by Gasteiger charge is 2.38. The maximum absolute atomic E-state index is 11.8. The van der Waals surface area contributed by atoms with Gasteiger partial charge in [0.2, 0.25) is 0 Å². The second-order valence-electron chi connectivity index (χ2n) is 5.62. The lowest BCUT2D eigenvalue weighted by atomic mass is 9.96. The second kappa shape index (κ2) is 5.28. The minimum atomic E-state index is -0.0473. The van der Waals surface area contributed by atoms with Crippen LogP contribution in [0, 0.1) is 5.92 Å². The molecule has 0 unspecified atom stereocenters. The second-order valence-corrected chi connectivity index (χ2v) is 5.62. The van der Waals surface area contributed by atoms with E-state index in [4.69, 9.17) is 4.74 Å². The molecule has 0 bridgehead atoms. The van der Waals surface area contributed by atoms with E-state index in [0.29, 0.717) is 5.92 Å². The van der Waals surface area contributed by atoms with Crippen molar-refractivity contribution in [3.8, 4) is 0 Å². The summed E-state index contributed by atoms with van der Waals surface area (Å²) < 4.78 is 7.14. The number of ether oxygens (including phenoxy) is 1. The lowest BCUT2D eigenvalue weighted by molar-refractivity contribution is -0.145. The number of hydrogen-bond acceptors (Lipinski definition) is 5. The Morgan fingerprint density at radius 1 is 1.53 bits per heavy atom. The number of rotatable bonds is 3. The zero-order chi connectivity index (χ0) is 13.2. The normalized spacial score (nSPS) is 32.5. The zero-order valence-electron chi connectivity index (χ0n) is 11.2. The van der Waals surface area contributed by atoms with Crippen LogP contribution in [-0.2, 0) is 16.1 Å². The minimum Gasteiger partial charge on any atom is -0.461 e. The Bertz CT molecular complexity index is 434. The largest absolute Gasteiger partial charge is 0.461 e. The Labute approximate surface area is 112 Å². The van der Waals surface area contributed by atoms with Gasteiger partial charge in [-0.2, -0.15) is 5.10 Å². The van der Waals surface area contributed by atoms with E-state index in [0.717, 1.165) is 32.5 Å². The number of cyclic esters (lactones) is 1. The zero-order valence-corrected chi connectivity index (χ0v) is 11.2. The number of esters is 1. The molecule has 1 aromatic heterocycles. The number of aromatic nitrogens is 3. The van der Waals surface area contributed by atoms with E-state index in [9.17, 15) is 4.79 Å². The monoisotopic (exact) mass is 264 g/mol. The van der Waals surface area contributed by atoms with Crippen LogP contribution >= 0.6 is 0 Å². The smallest absolute Gasteiger partial charge is 0.323 e. The lowest BCUT2D eigenvalue weighted by Gasteiger charge is -2.34. The van der Waals surface area contributed by atoms with Gasteiger partial charge in [-0.15, -0.1) is 0 Å². The summed E-state index contributed by atoms with van der Waals surface area (Å²) in [5.74, 6) is 0.494. The van der Waals surface area contributed by atoms with Crippen LogP contribution in [0.25, 0.3) is 0 Å². The van der Waals surface area contributed by atoms with Crippen molar-refractivity contribution in [2.45, 2.75) is 44.9 Å². The fourth-order valence-electron chi connectivity index (χ4n) is 3.15. The van der Waals surface area contributed by atoms with Gasteiger partial charge in [-0.25, -0.2) is 4.98 Å². The fraction of sp³-hybridized carbons (Fsp3) is 0.769. The highest BCUT2D eigenvalue weighted by Crippen LogP contribution is 2.26. The number of carbonyl (C=O) groups excluding carboxylic acids is 1. The molecule has 6 heteroatoms. The van der Waals surface area contributed by atoms with Crippen LogP contribution in [0.3, 0.4) is 0 Å². The van der Waals surface area contributed by atoms with Gasteiger partial charge in [0, 0.05) is 19.5 Å². The van der Waals surface area contributed by atoms with Gasteiger partial charge in [0.05, 0.1) is 0 Å². The molecule has 2 aliphatic rings. The molecule has 0 aliphatic carbocycles. The highest BCUT2D eigenvalue weighted by atomic mass is 16.6. The predicted octanol–water partition coefficient (Wildman–Crippen LogP) is 0.694. The molecule has 2 fully saturated rings. The molecule has 0 amide bonds. The molecule has 0 spiro atoms. The fourth-order valence-corrected chi connectivity index (χ4v) is 3.15. The molecular formula is C13H20N4O2. The Balaban J connectivity index is 1.60. The molecule has 6 nitrogen and oxygen atoms in total. The van der Waals surface area contributed by atoms with Crippen LogP contribution in [0.2, 0.25) is 0 Å². The minimum absolute atomic E-state index is 0.0338. The van der Waals surface area contributed by atoms with Crippen LogP contribution in [-0.4, -0.2) is 50.9 Å². The van der Waals surface area contributed by atoms with E-state index in [2.05, 4.69) is 15.0 Å². The summed E-state index contributed by atoms with van der Waals surface area (Å²) in [5, 5.41) is 4.16. The first-order chi connectivity index (χ1) is 9.22. The molecule has 2 saturated heterocycles. The Kier molecular flexibility index (Phi) is 3.50. The summed E-state index contributed by atoms with van der Waals surface area (Å²) in [7, 11) is 0. The first-order valence-corrected chi connectivity index (χ1v) is 6.99. The van der Waals surface area contributed by atoms with Gasteiger partial charge in [-0.3, -0.25) is 14.4 Å². The lowest BCUT2D eigenvalue weighted by Crippen LogP contribution is -2.45. The van der Waals surface area contributed by atoms with Crippen molar-refractivity contribution in [3.05, 3.63) is 12.7 Å². The van der Waals surface area contributed by atoms with Crippen molar-refractivity contribution >= 4 is 5.97 Å². The van der Waals surface area contributed by atoms with Crippen molar-refractivity contribution in [1.29, 1.82) is 0 Å². The van der Waals surface area contributed by atoms with Crippen molar-refractivity contribution in [3.63, 3.8) is 0 Å². The van der Waals surface area contributed by atoms with Crippen LogP contribution in [0.5, 0.6) is 0 Å². The molecule has 1 aromatic rings. The third-order valence-electron chi connectivity index (χ3n) is 4.05. The first-order valence-electron chi connectivity index (χ1n) is 6.99. The summed E-state index contributed by atoms with van der Waals surface area (Å²) in [4.78, 5) is 18.1. The Morgan fingerprint density at radius 3 is 3.11 bits per heavy atom. The van der Waals surface area contributed by atoms with Crippen LogP contribution in [0.4, 0.5) is 0 Å². The average Bonchev–Trinajstić information content (AvgIpc) is 2.99.